The number of aromatic nitrogens is 2. The first-order valence-corrected chi connectivity index (χ1v) is 5.79. The molecule has 1 aliphatic carbocycles. The number of hydrogen-bond acceptors (Lipinski definition) is 3. The van der Waals surface area contributed by atoms with Crippen LogP contribution in [0.1, 0.15) is 25.6 Å². The molecule has 0 N–H and O–H groups in total. The van der Waals surface area contributed by atoms with Crippen molar-refractivity contribution in [3.63, 3.8) is 0 Å². The standard InChI is InChI=1S/C13H15N3O2/c1-10-4-3-5-11(8-10)6-7-12-14-9-13(15(12)2)16(17)18/h4,6-9H,3,5H2,1-2H3/b7-6+. The maximum Gasteiger partial charge on any atom is 0.342 e. The lowest BCUT2D eigenvalue weighted by molar-refractivity contribution is -0.391. The van der Waals surface area contributed by atoms with Gasteiger partial charge in [-0.3, -0.25) is 0 Å². The Morgan fingerprint density at radius 3 is 2.89 bits per heavy atom. The topological polar surface area (TPSA) is 61.0 Å². The zero-order valence-electron chi connectivity index (χ0n) is 10.5. The molecule has 5 heteroatoms. The van der Waals surface area contributed by atoms with Crippen molar-refractivity contribution in [3.05, 3.63) is 51.5 Å². The monoisotopic (exact) mass is 245 g/mol. The Labute approximate surface area is 105 Å². The van der Waals surface area contributed by atoms with Crippen LogP contribution in [0.15, 0.2) is 35.6 Å². The van der Waals surface area contributed by atoms with Crippen molar-refractivity contribution in [1.82, 2.24) is 9.55 Å². The molecule has 1 aromatic rings. The minimum absolute atomic E-state index is 0.00310. The first-order valence-electron chi connectivity index (χ1n) is 5.79. The molecule has 1 aliphatic rings. The molecule has 0 radical (unpaired) electrons. The molecular weight excluding hydrogens is 230 g/mol. The fraction of sp³-hybridized carbons (Fsp3) is 0.308. The van der Waals surface area contributed by atoms with Crippen LogP contribution in [-0.4, -0.2) is 14.5 Å². The number of rotatable bonds is 3. The van der Waals surface area contributed by atoms with E-state index in [-0.39, 0.29) is 5.82 Å². The Morgan fingerprint density at radius 2 is 2.28 bits per heavy atom. The normalized spacial score (nSPS) is 15.7. The zero-order chi connectivity index (χ0) is 13.1. The lowest BCUT2D eigenvalue weighted by atomic mass is 10.00. The van der Waals surface area contributed by atoms with Gasteiger partial charge in [-0.1, -0.05) is 23.8 Å². The highest BCUT2D eigenvalue weighted by molar-refractivity contribution is 5.50. The van der Waals surface area contributed by atoms with Gasteiger partial charge in [-0.05, 0) is 30.3 Å². The predicted octanol–water partition coefficient (Wildman–Crippen LogP) is 3.01. The van der Waals surface area contributed by atoms with Gasteiger partial charge in [-0.25, -0.2) is 9.55 Å². The second-order valence-corrected chi connectivity index (χ2v) is 4.33. The highest BCUT2D eigenvalue weighted by Gasteiger charge is 2.14. The smallest absolute Gasteiger partial charge is 0.342 e. The largest absolute Gasteiger partial charge is 0.358 e. The minimum Gasteiger partial charge on any atom is -0.358 e. The predicted molar refractivity (Wildman–Crippen MR) is 70.0 cm³/mol. The van der Waals surface area contributed by atoms with E-state index in [0.29, 0.717) is 5.82 Å². The fourth-order valence-electron chi connectivity index (χ4n) is 1.94. The average Bonchev–Trinajstić information content (AvgIpc) is 2.68. The number of nitrogens with zero attached hydrogens (tertiary/aromatic N) is 3. The first kappa shape index (κ1) is 12.3. The van der Waals surface area contributed by atoms with Gasteiger partial charge in [0.05, 0.1) is 7.05 Å². The Balaban J connectivity index is 2.19. The SMILES string of the molecule is CC1=CCCC(/C=C/c2ncc([N+](=O)[O-])n2C)=C1. The van der Waals surface area contributed by atoms with Crippen LogP contribution >= 0.6 is 0 Å². The molecule has 0 bridgehead atoms. The molecule has 94 valence electrons. The van der Waals surface area contributed by atoms with Crippen LogP contribution in [-0.2, 0) is 7.05 Å². The number of hydrogen-bond donors (Lipinski definition) is 0. The molecule has 0 atom stereocenters. The molecule has 0 saturated heterocycles. The van der Waals surface area contributed by atoms with Crippen molar-refractivity contribution in [3.8, 4) is 0 Å². The second kappa shape index (κ2) is 5.00. The van der Waals surface area contributed by atoms with Crippen molar-refractivity contribution < 1.29 is 4.92 Å². The van der Waals surface area contributed by atoms with Crippen LogP contribution in [0, 0.1) is 10.1 Å². The van der Waals surface area contributed by atoms with Crippen molar-refractivity contribution in [2.24, 2.45) is 7.05 Å². The van der Waals surface area contributed by atoms with E-state index in [0.717, 1.165) is 12.8 Å². The van der Waals surface area contributed by atoms with E-state index in [2.05, 4.69) is 24.1 Å². The van der Waals surface area contributed by atoms with Gasteiger partial charge in [0.1, 0.15) is 6.20 Å². The van der Waals surface area contributed by atoms with Gasteiger partial charge in [-0.2, -0.15) is 0 Å². The third kappa shape index (κ3) is 2.56. The van der Waals surface area contributed by atoms with Crippen LogP contribution < -0.4 is 0 Å². The molecule has 1 aromatic heterocycles. The summed E-state index contributed by atoms with van der Waals surface area (Å²) in [6.45, 7) is 2.07. The Hall–Kier alpha value is -2.17. The van der Waals surface area contributed by atoms with Gasteiger partial charge < -0.3 is 10.1 Å². The average molecular weight is 245 g/mol. The summed E-state index contributed by atoms with van der Waals surface area (Å²) in [4.78, 5) is 14.3. The highest BCUT2D eigenvalue weighted by atomic mass is 16.6. The molecule has 0 aliphatic heterocycles. The molecule has 2 rings (SSSR count). The van der Waals surface area contributed by atoms with E-state index < -0.39 is 4.92 Å². The maximum absolute atomic E-state index is 10.7. The van der Waals surface area contributed by atoms with Gasteiger partial charge in [0.15, 0.2) is 0 Å². The highest BCUT2D eigenvalue weighted by Crippen LogP contribution is 2.19. The third-order valence-corrected chi connectivity index (χ3v) is 2.95. The summed E-state index contributed by atoms with van der Waals surface area (Å²) >= 11 is 0. The molecule has 5 nitrogen and oxygen atoms in total. The lowest BCUT2D eigenvalue weighted by Crippen LogP contribution is -1.98. The molecular formula is C13H15N3O2. The maximum atomic E-state index is 10.7. The summed E-state index contributed by atoms with van der Waals surface area (Å²) in [5, 5.41) is 10.7. The summed E-state index contributed by atoms with van der Waals surface area (Å²) < 4.78 is 1.47. The lowest BCUT2D eigenvalue weighted by Gasteiger charge is -2.06. The fourth-order valence-corrected chi connectivity index (χ4v) is 1.94. The quantitative estimate of drug-likeness (QED) is 0.607. The third-order valence-electron chi connectivity index (χ3n) is 2.95. The van der Waals surface area contributed by atoms with Crippen molar-refractivity contribution in [1.29, 1.82) is 0 Å². The van der Waals surface area contributed by atoms with E-state index in [1.165, 1.54) is 21.9 Å². The Morgan fingerprint density at radius 1 is 1.50 bits per heavy atom. The van der Waals surface area contributed by atoms with Crippen LogP contribution in [0.25, 0.3) is 6.08 Å². The number of allylic oxidation sites excluding steroid dienone is 5. The van der Waals surface area contributed by atoms with Crippen LogP contribution in [0.4, 0.5) is 5.82 Å². The van der Waals surface area contributed by atoms with Crippen LogP contribution in [0.5, 0.6) is 0 Å². The van der Waals surface area contributed by atoms with E-state index >= 15 is 0 Å². The van der Waals surface area contributed by atoms with E-state index in [9.17, 15) is 10.1 Å². The van der Waals surface area contributed by atoms with E-state index in [1.807, 2.05) is 12.2 Å². The summed E-state index contributed by atoms with van der Waals surface area (Å²) in [6, 6.07) is 0. The van der Waals surface area contributed by atoms with Gasteiger partial charge in [0, 0.05) is 6.08 Å². The summed E-state index contributed by atoms with van der Waals surface area (Å²) in [7, 11) is 1.64. The van der Waals surface area contributed by atoms with Crippen molar-refractivity contribution >= 4 is 11.9 Å². The summed E-state index contributed by atoms with van der Waals surface area (Å²) in [5.41, 5.74) is 2.48. The molecule has 0 saturated carbocycles. The zero-order valence-corrected chi connectivity index (χ0v) is 10.5. The number of imidazole rings is 1. The molecule has 0 amide bonds. The van der Waals surface area contributed by atoms with Crippen LogP contribution in [0.3, 0.4) is 0 Å². The van der Waals surface area contributed by atoms with Gasteiger partial charge in [0.25, 0.3) is 0 Å². The van der Waals surface area contributed by atoms with Gasteiger partial charge in [-0.15, -0.1) is 0 Å². The minimum atomic E-state index is -0.433. The van der Waals surface area contributed by atoms with Crippen LogP contribution in [0.2, 0.25) is 0 Å². The second-order valence-electron chi connectivity index (χ2n) is 4.33. The Bertz CT molecular complexity index is 565. The summed E-state index contributed by atoms with van der Waals surface area (Å²) in [5.74, 6) is 0.596. The van der Waals surface area contributed by atoms with E-state index in [1.54, 1.807) is 7.05 Å². The molecule has 0 aromatic carbocycles. The molecule has 0 fully saturated rings. The van der Waals surface area contributed by atoms with Gasteiger partial charge >= 0.3 is 5.82 Å². The molecule has 18 heavy (non-hydrogen) atoms. The molecule has 0 unspecified atom stereocenters. The van der Waals surface area contributed by atoms with Gasteiger partial charge in [0.2, 0.25) is 5.82 Å². The summed E-state index contributed by atoms with van der Waals surface area (Å²) in [6.07, 6.45) is 11.4. The van der Waals surface area contributed by atoms with Crippen molar-refractivity contribution in [2.75, 3.05) is 0 Å². The molecule has 0 spiro atoms. The number of nitro groups is 1. The van der Waals surface area contributed by atoms with Crippen molar-refractivity contribution in [2.45, 2.75) is 19.8 Å². The van der Waals surface area contributed by atoms with E-state index in [4.69, 9.17) is 0 Å². The molecule has 1 heterocycles. The first-order chi connectivity index (χ1) is 8.58. The Kier molecular flexibility index (Phi) is 3.41.